The third kappa shape index (κ3) is 5.52. The van der Waals surface area contributed by atoms with E-state index in [1.54, 1.807) is 6.07 Å². The minimum Gasteiger partial charge on any atom is -0.493 e. The molecule has 0 aliphatic carbocycles. The number of fused-ring (bicyclic) bond motifs is 1. The summed E-state index contributed by atoms with van der Waals surface area (Å²) in [5.74, 6) is 2.43. The molecule has 0 saturated heterocycles. The Bertz CT molecular complexity index is 1630. The smallest absolute Gasteiger partial charge is 0.204 e. The van der Waals surface area contributed by atoms with E-state index in [1.807, 2.05) is 78.9 Å². The highest BCUT2D eigenvalue weighted by molar-refractivity contribution is 5.90. The Hall–Kier alpha value is -4.91. The van der Waals surface area contributed by atoms with E-state index in [0.29, 0.717) is 53.1 Å². The highest BCUT2D eigenvalue weighted by atomic mass is 16.5. The maximum absolute atomic E-state index is 13.3. The van der Waals surface area contributed by atoms with Crippen LogP contribution in [0.1, 0.15) is 11.1 Å². The Morgan fingerprint density at radius 2 is 1.23 bits per heavy atom. The molecule has 198 valence electrons. The molecule has 7 heteroatoms. The van der Waals surface area contributed by atoms with Crippen molar-refractivity contribution in [3.63, 3.8) is 0 Å². The van der Waals surface area contributed by atoms with E-state index in [2.05, 4.69) is 0 Å². The summed E-state index contributed by atoms with van der Waals surface area (Å²) in [6.45, 7) is 0.732. The number of methoxy groups -OCH3 is 3. The Balaban J connectivity index is 1.54. The van der Waals surface area contributed by atoms with Gasteiger partial charge in [-0.3, -0.25) is 4.79 Å². The number of ether oxygens (including phenoxy) is 5. The summed E-state index contributed by atoms with van der Waals surface area (Å²) in [7, 11) is 4.46. The van der Waals surface area contributed by atoms with Gasteiger partial charge in [-0.05, 0) is 29.3 Å². The van der Waals surface area contributed by atoms with Crippen molar-refractivity contribution in [1.29, 1.82) is 0 Å². The fourth-order valence-electron chi connectivity index (χ4n) is 4.29. The van der Waals surface area contributed by atoms with Crippen LogP contribution in [-0.2, 0) is 13.2 Å². The first-order valence-corrected chi connectivity index (χ1v) is 12.4. The maximum atomic E-state index is 13.3. The summed E-state index contributed by atoms with van der Waals surface area (Å²) in [6.07, 6.45) is 0. The van der Waals surface area contributed by atoms with Crippen LogP contribution in [0.2, 0.25) is 0 Å². The van der Waals surface area contributed by atoms with E-state index >= 15 is 0 Å². The molecule has 39 heavy (non-hydrogen) atoms. The van der Waals surface area contributed by atoms with Gasteiger partial charge < -0.3 is 28.1 Å². The topological polar surface area (TPSA) is 76.4 Å². The van der Waals surface area contributed by atoms with Gasteiger partial charge in [0.1, 0.15) is 29.9 Å². The van der Waals surface area contributed by atoms with Gasteiger partial charge in [-0.15, -0.1) is 0 Å². The lowest BCUT2D eigenvalue weighted by Crippen LogP contribution is -2.05. The van der Waals surface area contributed by atoms with Crippen molar-refractivity contribution in [2.45, 2.75) is 13.2 Å². The van der Waals surface area contributed by atoms with Gasteiger partial charge in [0.25, 0.3) is 0 Å². The highest BCUT2D eigenvalue weighted by Crippen LogP contribution is 2.43. The van der Waals surface area contributed by atoms with Crippen molar-refractivity contribution in [3.05, 3.63) is 112 Å². The molecule has 5 rings (SSSR count). The quantitative estimate of drug-likeness (QED) is 0.203. The summed E-state index contributed by atoms with van der Waals surface area (Å²) in [4.78, 5) is 13.3. The zero-order chi connectivity index (χ0) is 27.2. The zero-order valence-electron chi connectivity index (χ0n) is 21.9. The second-order valence-corrected chi connectivity index (χ2v) is 8.70. The molecule has 0 bridgehead atoms. The lowest BCUT2D eigenvalue weighted by molar-refractivity contribution is 0.256. The van der Waals surface area contributed by atoms with Crippen molar-refractivity contribution in [2.75, 3.05) is 21.3 Å². The van der Waals surface area contributed by atoms with E-state index in [9.17, 15) is 4.79 Å². The molecule has 0 N–H and O–H groups in total. The molecule has 7 nitrogen and oxygen atoms in total. The molecule has 0 aliphatic rings. The third-order valence-electron chi connectivity index (χ3n) is 6.22. The van der Waals surface area contributed by atoms with Gasteiger partial charge in [-0.2, -0.15) is 0 Å². The molecule has 0 amide bonds. The predicted octanol–water partition coefficient (Wildman–Crippen LogP) is 6.64. The van der Waals surface area contributed by atoms with Crippen molar-refractivity contribution in [1.82, 2.24) is 0 Å². The molecule has 0 fully saturated rings. The van der Waals surface area contributed by atoms with Crippen molar-refractivity contribution < 1.29 is 28.1 Å². The summed E-state index contributed by atoms with van der Waals surface area (Å²) in [5.41, 5.74) is 2.73. The van der Waals surface area contributed by atoms with Crippen LogP contribution in [0.4, 0.5) is 0 Å². The second kappa shape index (κ2) is 11.6. The summed E-state index contributed by atoms with van der Waals surface area (Å²) < 4.78 is 34.9. The van der Waals surface area contributed by atoms with E-state index in [0.717, 1.165) is 11.1 Å². The Morgan fingerprint density at radius 3 is 1.82 bits per heavy atom. The molecule has 0 radical (unpaired) electrons. The molecular formula is C32H28O7. The molecule has 0 spiro atoms. The molecule has 1 aromatic heterocycles. The monoisotopic (exact) mass is 524 g/mol. The molecule has 0 atom stereocenters. The first kappa shape index (κ1) is 25.7. The van der Waals surface area contributed by atoms with Crippen LogP contribution in [0.5, 0.6) is 28.7 Å². The van der Waals surface area contributed by atoms with Crippen molar-refractivity contribution >= 4 is 11.0 Å². The maximum Gasteiger partial charge on any atom is 0.204 e. The molecule has 0 unspecified atom stereocenters. The predicted molar refractivity (Wildman–Crippen MR) is 149 cm³/mol. The molecule has 0 aliphatic heterocycles. The van der Waals surface area contributed by atoms with Crippen LogP contribution < -0.4 is 29.1 Å². The van der Waals surface area contributed by atoms with E-state index < -0.39 is 0 Å². The lowest BCUT2D eigenvalue weighted by atomic mass is 10.1. The van der Waals surface area contributed by atoms with Crippen LogP contribution in [-0.4, -0.2) is 21.3 Å². The van der Waals surface area contributed by atoms with E-state index in [-0.39, 0.29) is 16.6 Å². The van der Waals surface area contributed by atoms with Crippen LogP contribution in [0.15, 0.2) is 100 Å². The van der Waals surface area contributed by atoms with Gasteiger partial charge in [0.2, 0.25) is 5.75 Å². The van der Waals surface area contributed by atoms with E-state index in [1.165, 1.54) is 27.4 Å². The molecule has 5 aromatic rings. The second-order valence-electron chi connectivity index (χ2n) is 8.70. The standard InChI is InChI=1S/C32H28O7/c1-34-29-18-28-30(32(36-3)31(29)35-2)24(33)17-26(39-28)23-14-15-25(37-19-21-10-6-4-7-11-21)27(16-23)38-20-22-12-8-5-9-13-22/h4-18H,19-20H2,1-3H3. The van der Waals surface area contributed by atoms with Crippen molar-refractivity contribution in [2.24, 2.45) is 0 Å². The van der Waals surface area contributed by atoms with Crippen LogP contribution >= 0.6 is 0 Å². The van der Waals surface area contributed by atoms with Crippen LogP contribution in [0.3, 0.4) is 0 Å². The van der Waals surface area contributed by atoms with Gasteiger partial charge in [0.05, 0.1) is 21.3 Å². The first-order valence-electron chi connectivity index (χ1n) is 12.4. The number of hydrogen-bond donors (Lipinski definition) is 0. The van der Waals surface area contributed by atoms with Gasteiger partial charge in [-0.1, -0.05) is 60.7 Å². The number of benzene rings is 4. The molecule has 0 saturated carbocycles. The average molecular weight is 525 g/mol. The summed E-state index contributed by atoms with van der Waals surface area (Å²) in [6, 6.07) is 28.3. The average Bonchev–Trinajstić information content (AvgIpc) is 2.99. The fraction of sp³-hybridized carbons (Fsp3) is 0.156. The summed E-state index contributed by atoms with van der Waals surface area (Å²) >= 11 is 0. The zero-order valence-corrected chi connectivity index (χ0v) is 21.9. The fourth-order valence-corrected chi connectivity index (χ4v) is 4.29. The van der Waals surface area contributed by atoms with Gasteiger partial charge >= 0.3 is 0 Å². The summed E-state index contributed by atoms with van der Waals surface area (Å²) in [5, 5.41) is 0.266. The molecule has 4 aromatic carbocycles. The van der Waals surface area contributed by atoms with Gasteiger partial charge in [0.15, 0.2) is 28.4 Å². The largest absolute Gasteiger partial charge is 0.493 e. The van der Waals surface area contributed by atoms with E-state index in [4.69, 9.17) is 28.1 Å². The lowest BCUT2D eigenvalue weighted by Gasteiger charge is -2.16. The Labute approximate surface area is 226 Å². The Morgan fingerprint density at radius 1 is 0.615 bits per heavy atom. The minimum absolute atomic E-state index is 0.253. The first-order chi connectivity index (χ1) is 19.1. The Kier molecular flexibility index (Phi) is 7.68. The van der Waals surface area contributed by atoms with Crippen molar-refractivity contribution in [3.8, 4) is 40.1 Å². The third-order valence-corrected chi connectivity index (χ3v) is 6.22. The minimum atomic E-state index is -0.278. The SMILES string of the molecule is COc1cc2oc(-c3ccc(OCc4ccccc4)c(OCc4ccccc4)c3)cc(=O)c2c(OC)c1OC. The highest BCUT2D eigenvalue weighted by Gasteiger charge is 2.21. The number of rotatable bonds is 10. The van der Waals surface area contributed by atoms with Gasteiger partial charge in [0, 0.05) is 17.7 Å². The molecular weight excluding hydrogens is 496 g/mol. The van der Waals surface area contributed by atoms with Gasteiger partial charge in [-0.25, -0.2) is 0 Å². The normalized spacial score (nSPS) is 10.7. The van der Waals surface area contributed by atoms with Crippen LogP contribution in [0.25, 0.3) is 22.3 Å². The number of hydrogen-bond acceptors (Lipinski definition) is 7. The molecule has 1 heterocycles. The van der Waals surface area contributed by atoms with Crippen LogP contribution in [0, 0.1) is 0 Å².